The highest BCUT2D eigenvalue weighted by atomic mass is 32.2. The molecule has 200 valence electrons. The Morgan fingerprint density at radius 1 is 1.37 bits per heavy atom. The molecule has 0 aliphatic carbocycles. The first kappa shape index (κ1) is 27.2. The van der Waals surface area contributed by atoms with E-state index in [1.165, 1.54) is 33.8 Å². The van der Waals surface area contributed by atoms with Crippen molar-refractivity contribution in [1.82, 2.24) is 15.4 Å². The van der Waals surface area contributed by atoms with Gasteiger partial charge in [0.15, 0.2) is 17.4 Å². The van der Waals surface area contributed by atoms with Crippen LogP contribution in [-0.2, 0) is 28.9 Å². The van der Waals surface area contributed by atoms with Gasteiger partial charge in [0.2, 0.25) is 18.3 Å². The second-order valence-electron chi connectivity index (χ2n) is 7.66. The van der Waals surface area contributed by atoms with E-state index in [1.807, 2.05) is 0 Å². The maximum atomic E-state index is 13.1. The summed E-state index contributed by atoms with van der Waals surface area (Å²) in [6, 6.07) is 3.57. The minimum absolute atomic E-state index is 0.0926. The Morgan fingerprint density at radius 3 is 2.76 bits per heavy atom. The van der Waals surface area contributed by atoms with Crippen molar-refractivity contribution in [3.05, 3.63) is 46.9 Å². The molecule has 2 aliphatic rings. The fourth-order valence-corrected chi connectivity index (χ4v) is 6.24. The first-order valence-corrected chi connectivity index (χ1v) is 13.8. The van der Waals surface area contributed by atoms with Gasteiger partial charge < -0.3 is 20.5 Å². The average molecular weight is 581 g/mol. The lowest BCUT2D eigenvalue weighted by molar-refractivity contribution is -0.649. The first-order valence-electron chi connectivity index (χ1n) is 10.9. The molecule has 0 radical (unpaired) electrons. The zero-order chi connectivity index (χ0) is 27.2. The largest absolute Gasteiger partial charge is 0.480 e. The molecule has 14 nitrogen and oxygen atoms in total. The van der Waals surface area contributed by atoms with Gasteiger partial charge in [0.05, 0.1) is 11.8 Å². The van der Waals surface area contributed by atoms with Crippen LogP contribution in [0.5, 0.6) is 0 Å². The molecule has 0 spiro atoms. The van der Waals surface area contributed by atoms with E-state index in [2.05, 4.69) is 21.0 Å². The van der Waals surface area contributed by atoms with Crippen LogP contribution in [-0.4, -0.2) is 75.0 Å². The molecule has 4 rings (SSSR count). The number of hydrogen-bond acceptors (Lipinski definition) is 13. The summed E-state index contributed by atoms with van der Waals surface area (Å²) in [5, 5.41) is 14.0. The average Bonchev–Trinajstić information content (AvgIpc) is 3.33. The Labute approximate surface area is 228 Å². The molecule has 1 atom stereocenters. The topological polar surface area (TPSA) is 189 Å². The Hall–Kier alpha value is -3.83. The maximum Gasteiger partial charge on any atom is 0.379 e. The van der Waals surface area contributed by atoms with Gasteiger partial charge in [0, 0.05) is 33.9 Å². The number of hydrogen-bond donors (Lipinski definition) is 4. The summed E-state index contributed by atoms with van der Waals surface area (Å²) < 4.78 is 1.52. The van der Waals surface area contributed by atoms with Gasteiger partial charge in [-0.25, -0.2) is 9.78 Å². The normalized spacial score (nSPS) is 16.9. The molecule has 5 N–H and O–H groups in total. The Kier molecular flexibility index (Phi) is 8.70. The summed E-state index contributed by atoms with van der Waals surface area (Å²) in [5.41, 5.74) is 11.0. The number of oxime groups is 1. The highest BCUT2D eigenvalue weighted by molar-refractivity contribution is 8.01. The van der Waals surface area contributed by atoms with E-state index in [-0.39, 0.29) is 40.1 Å². The van der Waals surface area contributed by atoms with E-state index >= 15 is 0 Å². The predicted octanol–water partition coefficient (Wildman–Crippen LogP) is -0.0826. The molecule has 1 fully saturated rings. The molecule has 2 aromatic rings. The minimum Gasteiger partial charge on any atom is -0.480 e. The van der Waals surface area contributed by atoms with Gasteiger partial charge in [0.1, 0.15) is 18.5 Å². The van der Waals surface area contributed by atoms with Gasteiger partial charge >= 0.3 is 17.8 Å². The van der Waals surface area contributed by atoms with Crippen molar-refractivity contribution in [3.8, 4) is 0 Å². The van der Waals surface area contributed by atoms with Crippen molar-refractivity contribution in [3.63, 3.8) is 0 Å². The van der Waals surface area contributed by atoms with Gasteiger partial charge in [-0.3, -0.25) is 19.3 Å². The summed E-state index contributed by atoms with van der Waals surface area (Å²) in [6.45, 7) is -0.231. The number of thioether (sulfide) groups is 2. The van der Waals surface area contributed by atoms with E-state index in [0.717, 1.165) is 16.2 Å². The number of thiazole rings is 1. The van der Waals surface area contributed by atoms with Gasteiger partial charge in [-0.1, -0.05) is 9.83 Å². The monoisotopic (exact) mass is 580 g/mol. The number of anilines is 1. The van der Waals surface area contributed by atoms with Gasteiger partial charge in [-0.05, 0) is 5.57 Å². The third-order valence-electron chi connectivity index (χ3n) is 5.15. The van der Waals surface area contributed by atoms with Crippen LogP contribution in [0.2, 0.25) is 0 Å². The van der Waals surface area contributed by atoms with E-state index in [0.29, 0.717) is 23.5 Å². The standard InChI is InChI=1S/C21H21N7O7S3/c1-34-25-17(13-10-38-21(22)24-13)19(32)26-35-20(33)18-11(9-37-15-6-14(29)28(15)18)8-36-12-2-4-27(5-3-12)23-7-16(30)31/h2-5,10,15,23H,6-9H2,1H3,(H3-,22,24,26,30,31,32)/p+1/b25-17-/t15-/m1/s1. The quantitative estimate of drug-likeness (QED) is 0.0963. The second kappa shape index (κ2) is 12.1. The van der Waals surface area contributed by atoms with E-state index < -0.39 is 17.8 Å². The van der Waals surface area contributed by atoms with Gasteiger partial charge in [-0.2, -0.15) is 10.9 Å². The van der Waals surface area contributed by atoms with Crippen molar-refractivity contribution >= 4 is 69.5 Å². The number of β-lactam (4-membered cyclic amide) rings is 1. The van der Waals surface area contributed by atoms with Crippen LogP contribution in [0.15, 0.2) is 51.2 Å². The smallest absolute Gasteiger partial charge is 0.379 e. The predicted molar refractivity (Wildman–Crippen MR) is 138 cm³/mol. The molecular formula is C21H22N7O7S3+. The number of nitrogen functional groups attached to an aromatic ring is 1. The number of rotatable bonds is 10. The number of carbonyl (C=O) groups is 4. The number of nitrogens with zero attached hydrogens (tertiary/aromatic N) is 4. The molecular weight excluding hydrogens is 558 g/mol. The molecule has 38 heavy (non-hydrogen) atoms. The van der Waals surface area contributed by atoms with E-state index in [1.54, 1.807) is 36.3 Å². The first-order chi connectivity index (χ1) is 18.3. The molecule has 0 saturated carbocycles. The summed E-state index contributed by atoms with van der Waals surface area (Å²) in [7, 11) is 1.25. The van der Waals surface area contributed by atoms with Crippen LogP contribution < -0.4 is 21.3 Å². The fraction of sp³-hybridized carbons (Fsp3) is 0.286. The highest BCUT2D eigenvalue weighted by Gasteiger charge is 2.46. The van der Waals surface area contributed by atoms with Gasteiger partial charge in [0.25, 0.3) is 0 Å². The number of carbonyl (C=O) groups excluding carboxylic acids is 3. The molecule has 0 unspecified atom stereocenters. The van der Waals surface area contributed by atoms with Crippen LogP contribution in [0.3, 0.4) is 0 Å². The lowest BCUT2D eigenvalue weighted by Crippen LogP contribution is -2.54. The number of amides is 2. The number of nitrogens with one attached hydrogen (secondary N) is 2. The second-order valence-corrected chi connectivity index (χ2v) is 10.8. The van der Waals surface area contributed by atoms with Crippen LogP contribution in [0.1, 0.15) is 12.1 Å². The zero-order valence-electron chi connectivity index (χ0n) is 19.8. The number of nitrogens with two attached hydrogens (primary N) is 1. The Bertz CT molecular complexity index is 1310. The van der Waals surface area contributed by atoms with Crippen LogP contribution in [0.25, 0.3) is 0 Å². The molecule has 4 heterocycles. The number of aliphatic carboxylic acids is 1. The molecule has 0 aromatic carbocycles. The van der Waals surface area contributed by atoms with Crippen molar-refractivity contribution in [1.29, 1.82) is 0 Å². The summed E-state index contributed by atoms with van der Waals surface area (Å²) in [6.07, 6.45) is 3.65. The van der Waals surface area contributed by atoms with Crippen molar-refractivity contribution in [2.75, 3.05) is 36.3 Å². The minimum atomic E-state index is -0.984. The molecule has 1 saturated heterocycles. The number of hydroxylamine groups is 1. The highest BCUT2D eigenvalue weighted by Crippen LogP contribution is 2.41. The number of aromatic nitrogens is 2. The van der Waals surface area contributed by atoms with Crippen molar-refractivity contribution in [2.45, 2.75) is 16.7 Å². The SMILES string of the molecule is CO/N=C(\C(=O)NOC(=O)C1=C(CSc2cc[n+](NCC(=O)O)cc2)CS[C@@H]2CC(=O)N12)c1csc(N)n1. The molecule has 2 aromatic heterocycles. The molecule has 2 amide bonds. The summed E-state index contributed by atoms with van der Waals surface area (Å²) >= 11 is 4.07. The van der Waals surface area contributed by atoms with Crippen molar-refractivity contribution in [2.24, 2.45) is 5.16 Å². The number of carboxylic acids is 1. The lowest BCUT2D eigenvalue weighted by atomic mass is 10.1. The van der Waals surface area contributed by atoms with Crippen LogP contribution in [0, 0.1) is 0 Å². The summed E-state index contributed by atoms with van der Waals surface area (Å²) in [5.74, 6) is -2.09. The van der Waals surface area contributed by atoms with Gasteiger partial charge in [-0.15, -0.1) is 34.9 Å². The van der Waals surface area contributed by atoms with E-state index in [4.69, 9.17) is 20.5 Å². The number of fused-ring (bicyclic) bond motifs is 1. The third-order valence-corrected chi connectivity index (χ3v) is 8.20. The van der Waals surface area contributed by atoms with Crippen LogP contribution >= 0.6 is 34.9 Å². The number of carboxylic acid groups (broad SMARTS) is 1. The lowest BCUT2D eigenvalue weighted by Gasteiger charge is -2.44. The Morgan fingerprint density at radius 2 is 2.13 bits per heavy atom. The fourth-order valence-electron chi connectivity index (χ4n) is 3.40. The zero-order valence-corrected chi connectivity index (χ0v) is 22.2. The van der Waals surface area contributed by atoms with Crippen LogP contribution in [0.4, 0.5) is 5.13 Å². The van der Waals surface area contributed by atoms with Crippen molar-refractivity contribution < 1.29 is 38.6 Å². The van der Waals surface area contributed by atoms with E-state index in [9.17, 15) is 19.2 Å². The third kappa shape index (κ3) is 6.35. The molecule has 17 heteroatoms. The Balaban J connectivity index is 1.45. The maximum absolute atomic E-state index is 13.1. The molecule has 2 aliphatic heterocycles. The number of pyridine rings is 1. The molecule has 0 bridgehead atoms. The summed E-state index contributed by atoms with van der Waals surface area (Å²) in [4.78, 5) is 64.8.